The van der Waals surface area contributed by atoms with Crippen molar-refractivity contribution in [1.29, 1.82) is 0 Å². The summed E-state index contributed by atoms with van der Waals surface area (Å²) < 4.78 is 38.1. The van der Waals surface area contributed by atoms with Gasteiger partial charge in [-0.1, -0.05) is 42.3 Å². The number of rotatable bonds is 3. The summed E-state index contributed by atoms with van der Waals surface area (Å²) in [5.74, 6) is 4.74. The van der Waals surface area contributed by atoms with E-state index in [-0.39, 0.29) is 6.04 Å². The van der Waals surface area contributed by atoms with Gasteiger partial charge in [0.05, 0.1) is 5.56 Å². The Morgan fingerprint density at radius 3 is 2.50 bits per heavy atom. The van der Waals surface area contributed by atoms with Crippen LogP contribution in [0, 0.1) is 11.8 Å². The molecule has 0 aliphatic carbocycles. The first-order chi connectivity index (χ1) is 11.3. The van der Waals surface area contributed by atoms with Crippen LogP contribution in [0.1, 0.15) is 23.6 Å². The molecule has 2 aromatic rings. The van der Waals surface area contributed by atoms with Crippen LogP contribution in [0.3, 0.4) is 0 Å². The Balaban J connectivity index is 1.95. The second kappa shape index (κ2) is 7.69. The highest BCUT2D eigenvalue weighted by Crippen LogP contribution is 2.29. The minimum atomic E-state index is -4.37. The quantitative estimate of drug-likeness (QED) is 0.852. The molecule has 24 heavy (non-hydrogen) atoms. The standard InChI is InChI=1S/C19H16F3NO/c1-14(12-16-8-5-9-17(13-16)19(20,21)22)23-18(24)11-10-15-6-3-2-4-7-15/h2-9,13-14H,12H2,1H3,(H,23,24). The SMILES string of the molecule is CC(Cc1cccc(C(F)(F)F)c1)NC(=O)C#Cc1ccccc1. The molecular weight excluding hydrogens is 315 g/mol. The molecule has 1 amide bonds. The molecule has 2 nitrogen and oxygen atoms in total. The molecule has 0 heterocycles. The predicted octanol–water partition coefficient (Wildman–Crippen LogP) is 3.80. The van der Waals surface area contributed by atoms with Gasteiger partial charge in [-0.2, -0.15) is 13.2 Å². The Labute approximate surface area is 138 Å². The molecule has 5 heteroatoms. The predicted molar refractivity (Wildman–Crippen MR) is 86.1 cm³/mol. The molecule has 0 aromatic heterocycles. The van der Waals surface area contributed by atoms with E-state index in [1.54, 1.807) is 25.1 Å². The van der Waals surface area contributed by atoms with Crippen LogP contribution < -0.4 is 5.32 Å². The molecule has 0 bridgehead atoms. The fraction of sp³-hybridized carbons (Fsp3) is 0.211. The zero-order chi connectivity index (χ0) is 17.6. The lowest BCUT2D eigenvalue weighted by Gasteiger charge is -2.13. The fourth-order valence-corrected chi connectivity index (χ4v) is 2.19. The fourth-order valence-electron chi connectivity index (χ4n) is 2.19. The van der Waals surface area contributed by atoms with Gasteiger partial charge in [-0.15, -0.1) is 0 Å². The van der Waals surface area contributed by atoms with E-state index in [1.807, 2.05) is 18.2 Å². The molecule has 2 rings (SSSR count). The maximum Gasteiger partial charge on any atom is 0.416 e. The number of amides is 1. The van der Waals surface area contributed by atoms with Crippen molar-refractivity contribution in [2.24, 2.45) is 0 Å². The number of halogens is 3. The van der Waals surface area contributed by atoms with E-state index in [4.69, 9.17) is 0 Å². The largest absolute Gasteiger partial charge is 0.416 e. The number of hydrogen-bond acceptors (Lipinski definition) is 1. The molecule has 0 radical (unpaired) electrons. The van der Waals surface area contributed by atoms with E-state index in [0.29, 0.717) is 12.0 Å². The number of benzene rings is 2. The maximum atomic E-state index is 12.7. The smallest absolute Gasteiger partial charge is 0.342 e. The van der Waals surface area contributed by atoms with Crippen LogP contribution >= 0.6 is 0 Å². The number of carbonyl (C=O) groups excluding carboxylic acids is 1. The van der Waals surface area contributed by atoms with Gasteiger partial charge in [-0.25, -0.2) is 0 Å². The molecule has 1 N–H and O–H groups in total. The Kier molecular flexibility index (Phi) is 5.64. The molecule has 0 spiro atoms. The summed E-state index contributed by atoms with van der Waals surface area (Å²) in [7, 11) is 0. The summed E-state index contributed by atoms with van der Waals surface area (Å²) in [4.78, 5) is 11.8. The van der Waals surface area contributed by atoms with Crippen molar-refractivity contribution in [2.45, 2.75) is 25.6 Å². The Morgan fingerprint density at radius 1 is 1.12 bits per heavy atom. The zero-order valence-electron chi connectivity index (χ0n) is 13.0. The van der Waals surface area contributed by atoms with Crippen molar-refractivity contribution in [3.63, 3.8) is 0 Å². The maximum absolute atomic E-state index is 12.7. The molecule has 0 saturated heterocycles. The third-order valence-electron chi connectivity index (χ3n) is 3.27. The summed E-state index contributed by atoms with van der Waals surface area (Å²) in [6, 6.07) is 13.8. The lowest BCUT2D eigenvalue weighted by atomic mass is 10.0. The highest BCUT2D eigenvalue weighted by atomic mass is 19.4. The highest BCUT2D eigenvalue weighted by Gasteiger charge is 2.30. The summed E-state index contributed by atoms with van der Waals surface area (Å²) in [6.07, 6.45) is -4.08. The molecule has 0 aliphatic rings. The highest BCUT2D eigenvalue weighted by molar-refractivity contribution is 5.94. The van der Waals surface area contributed by atoms with Gasteiger partial charge in [0.25, 0.3) is 5.91 Å². The minimum absolute atomic E-state index is 0.294. The Morgan fingerprint density at radius 2 is 1.83 bits per heavy atom. The number of carbonyl (C=O) groups is 1. The summed E-state index contributed by atoms with van der Waals surface area (Å²) >= 11 is 0. The van der Waals surface area contributed by atoms with Gasteiger partial charge >= 0.3 is 6.18 Å². The van der Waals surface area contributed by atoms with Crippen LogP contribution in [0.4, 0.5) is 13.2 Å². The van der Waals surface area contributed by atoms with E-state index in [2.05, 4.69) is 17.2 Å². The van der Waals surface area contributed by atoms with Crippen molar-refractivity contribution < 1.29 is 18.0 Å². The van der Waals surface area contributed by atoms with Crippen LogP contribution in [0.2, 0.25) is 0 Å². The second-order valence-electron chi connectivity index (χ2n) is 5.39. The van der Waals surface area contributed by atoms with Crippen LogP contribution in [0.5, 0.6) is 0 Å². The zero-order valence-corrected chi connectivity index (χ0v) is 13.0. The Bertz CT molecular complexity index is 757. The first-order valence-corrected chi connectivity index (χ1v) is 7.38. The first-order valence-electron chi connectivity index (χ1n) is 7.38. The van der Waals surface area contributed by atoms with Crippen molar-refractivity contribution in [1.82, 2.24) is 5.32 Å². The van der Waals surface area contributed by atoms with E-state index in [0.717, 1.165) is 17.7 Å². The molecule has 124 valence electrons. The topological polar surface area (TPSA) is 29.1 Å². The Hall–Kier alpha value is -2.74. The summed E-state index contributed by atoms with van der Waals surface area (Å²) in [5, 5.41) is 2.66. The van der Waals surface area contributed by atoms with Gasteiger partial charge in [-0.3, -0.25) is 4.79 Å². The molecular formula is C19H16F3NO. The van der Waals surface area contributed by atoms with Crippen molar-refractivity contribution in [3.8, 4) is 11.8 Å². The summed E-state index contributed by atoms with van der Waals surface area (Å²) in [6.45, 7) is 1.72. The lowest BCUT2D eigenvalue weighted by Crippen LogP contribution is -2.33. The van der Waals surface area contributed by atoms with Crippen LogP contribution in [-0.2, 0) is 17.4 Å². The van der Waals surface area contributed by atoms with Crippen molar-refractivity contribution in [2.75, 3.05) is 0 Å². The van der Waals surface area contributed by atoms with Gasteiger partial charge in [0.1, 0.15) is 0 Å². The van der Waals surface area contributed by atoms with Gasteiger partial charge < -0.3 is 5.32 Å². The van der Waals surface area contributed by atoms with E-state index >= 15 is 0 Å². The van der Waals surface area contributed by atoms with Gasteiger partial charge in [-0.05, 0) is 37.1 Å². The van der Waals surface area contributed by atoms with Gasteiger partial charge in [0.2, 0.25) is 0 Å². The molecule has 1 atom stereocenters. The average Bonchev–Trinajstić information content (AvgIpc) is 2.53. The van der Waals surface area contributed by atoms with E-state index in [9.17, 15) is 18.0 Å². The monoisotopic (exact) mass is 331 g/mol. The van der Waals surface area contributed by atoms with Crippen molar-refractivity contribution in [3.05, 3.63) is 71.3 Å². The van der Waals surface area contributed by atoms with Crippen LogP contribution in [-0.4, -0.2) is 11.9 Å². The number of alkyl halides is 3. The molecule has 0 fully saturated rings. The number of nitrogens with one attached hydrogen (secondary N) is 1. The average molecular weight is 331 g/mol. The minimum Gasteiger partial charge on any atom is -0.342 e. The van der Waals surface area contributed by atoms with Crippen LogP contribution in [0.25, 0.3) is 0 Å². The molecule has 1 unspecified atom stereocenters. The molecule has 2 aromatic carbocycles. The molecule has 0 saturated carbocycles. The van der Waals surface area contributed by atoms with E-state index < -0.39 is 17.6 Å². The van der Waals surface area contributed by atoms with Crippen LogP contribution in [0.15, 0.2) is 54.6 Å². The van der Waals surface area contributed by atoms with Crippen molar-refractivity contribution >= 4 is 5.91 Å². The lowest BCUT2D eigenvalue weighted by molar-refractivity contribution is -0.137. The molecule has 0 aliphatic heterocycles. The van der Waals surface area contributed by atoms with E-state index in [1.165, 1.54) is 6.07 Å². The third kappa shape index (κ3) is 5.47. The number of hydrogen-bond donors (Lipinski definition) is 1. The third-order valence-corrected chi connectivity index (χ3v) is 3.27. The second-order valence-corrected chi connectivity index (χ2v) is 5.39. The van der Waals surface area contributed by atoms with Gasteiger partial charge in [0.15, 0.2) is 0 Å². The normalized spacial score (nSPS) is 12.0. The summed E-state index contributed by atoms with van der Waals surface area (Å²) in [5.41, 5.74) is 0.536. The van der Waals surface area contributed by atoms with Gasteiger partial charge in [0, 0.05) is 17.5 Å². The first kappa shape index (κ1) is 17.6.